The van der Waals surface area contributed by atoms with Crippen LogP contribution in [0, 0.1) is 4.91 Å². The van der Waals surface area contributed by atoms with Crippen LogP contribution in [0.25, 0.3) is 10.9 Å². The molecule has 1 aromatic heterocycles. The van der Waals surface area contributed by atoms with Crippen LogP contribution < -0.4 is 5.56 Å². The van der Waals surface area contributed by atoms with Crippen LogP contribution in [0.3, 0.4) is 0 Å². The highest BCUT2D eigenvalue weighted by Gasteiger charge is 2.07. The van der Waals surface area contributed by atoms with E-state index in [0.717, 1.165) is 0 Å². The second kappa shape index (κ2) is 3.20. The molecule has 5 heteroatoms. The molecule has 0 aliphatic heterocycles. The first-order chi connectivity index (χ1) is 7.13. The zero-order valence-electron chi connectivity index (χ0n) is 7.97. The van der Waals surface area contributed by atoms with E-state index in [-0.39, 0.29) is 17.0 Å². The van der Waals surface area contributed by atoms with Gasteiger partial charge in [0.25, 0.3) is 5.56 Å². The topological polar surface area (TPSA) is 71.7 Å². The number of aryl methyl sites for hydroxylation is 1. The van der Waals surface area contributed by atoms with Crippen molar-refractivity contribution >= 4 is 16.6 Å². The Labute approximate surface area is 84.6 Å². The molecule has 0 saturated carbocycles. The van der Waals surface area contributed by atoms with Crippen molar-refractivity contribution in [1.82, 2.24) is 4.57 Å². The van der Waals surface area contributed by atoms with Crippen molar-refractivity contribution in [2.75, 3.05) is 0 Å². The van der Waals surface area contributed by atoms with Crippen LogP contribution in [0.2, 0.25) is 0 Å². The van der Waals surface area contributed by atoms with Crippen LogP contribution in [-0.2, 0) is 7.05 Å². The summed E-state index contributed by atoms with van der Waals surface area (Å²) in [5, 5.41) is 12.6. The van der Waals surface area contributed by atoms with Gasteiger partial charge in [-0.15, -0.1) is 4.91 Å². The van der Waals surface area contributed by atoms with Gasteiger partial charge in [0.2, 0.25) is 0 Å². The molecule has 0 unspecified atom stereocenters. The Balaban J connectivity index is 3.03. The predicted octanol–water partition coefficient (Wildman–Crippen LogP) is 1.64. The van der Waals surface area contributed by atoms with E-state index < -0.39 is 0 Å². The maximum Gasteiger partial charge on any atom is 0.253 e. The molecule has 0 spiro atoms. The number of benzene rings is 1. The Kier molecular flexibility index (Phi) is 2.00. The van der Waals surface area contributed by atoms with Gasteiger partial charge in [-0.1, -0.05) is 0 Å². The van der Waals surface area contributed by atoms with Gasteiger partial charge in [-0.25, -0.2) is 0 Å². The van der Waals surface area contributed by atoms with Crippen LogP contribution >= 0.6 is 0 Å². The number of nitrogens with zero attached hydrogens (tertiary/aromatic N) is 2. The molecule has 0 fully saturated rings. The predicted molar refractivity (Wildman–Crippen MR) is 56.3 cm³/mol. The lowest BCUT2D eigenvalue weighted by Crippen LogP contribution is -2.15. The van der Waals surface area contributed by atoms with E-state index in [1.807, 2.05) is 0 Å². The number of pyridine rings is 1. The quantitative estimate of drug-likeness (QED) is 0.717. The summed E-state index contributed by atoms with van der Waals surface area (Å²) in [5.41, 5.74) is 0.243. The normalized spacial score (nSPS) is 10.5. The fourth-order valence-corrected chi connectivity index (χ4v) is 1.50. The molecule has 2 rings (SSSR count). The summed E-state index contributed by atoms with van der Waals surface area (Å²) in [4.78, 5) is 21.9. The highest BCUT2D eigenvalue weighted by Crippen LogP contribution is 2.26. The highest BCUT2D eigenvalue weighted by atomic mass is 16.3. The van der Waals surface area contributed by atoms with Crippen LogP contribution in [-0.4, -0.2) is 9.67 Å². The number of fused-ring (bicyclic) bond motifs is 1. The largest absolute Gasteiger partial charge is 0.508 e. The number of aromatic hydroxyl groups is 1. The number of aromatic nitrogens is 1. The second-order valence-corrected chi connectivity index (χ2v) is 3.22. The molecule has 1 aromatic carbocycles. The molecule has 15 heavy (non-hydrogen) atoms. The van der Waals surface area contributed by atoms with Crippen LogP contribution in [0.5, 0.6) is 5.75 Å². The Morgan fingerprint density at radius 3 is 2.73 bits per heavy atom. The number of nitroso groups, excluding NO2 is 1. The molecule has 0 atom stereocenters. The Hall–Kier alpha value is -2.17. The van der Waals surface area contributed by atoms with Gasteiger partial charge in [0.15, 0.2) is 0 Å². The van der Waals surface area contributed by atoms with E-state index in [2.05, 4.69) is 5.18 Å². The van der Waals surface area contributed by atoms with Gasteiger partial charge in [0.1, 0.15) is 11.4 Å². The zero-order valence-corrected chi connectivity index (χ0v) is 7.97. The molecule has 76 valence electrons. The van der Waals surface area contributed by atoms with E-state index in [4.69, 9.17) is 0 Å². The van der Waals surface area contributed by atoms with Gasteiger partial charge in [-0.2, -0.15) is 0 Å². The van der Waals surface area contributed by atoms with Gasteiger partial charge in [0.05, 0.1) is 5.52 Å². The fraction of sp³-hybridized carbons (Fsp3) is 0.100. The summed E-state index contributed by atoms with van der Waals surface area (Å²) in [6.07, 6.45) is 0. The summed E-state index contributed by atoms with van der Waals surface area (Å²) in [5.74, 6) is 0.0422. The molecular formula is C10H8N2O3. The molecule has 0 amide bonds. The molecule has 0 aliphatic rings. The third-order valence-electron chi connectivity index (χ3n) is 2.31. The molecule has 5 nitrogen and oxygen atoms in total. The average molecular weight is 204 g/mol. The van der Waals surface area contributed by atoms with Crippen molar-refractivity contribution in [2.24, 2.45) is 12.2 Å². The minimum Gasteiger partial charge on any atom is -0.508 e. The van der Waals surface area contributed by atoms with Crippen LogP contribution in [0.4, 0.5) is 5.69 Å². The van der Waals surface area contributed by atoms with Crippen molar-refractivity contribution in [2.45, 2.75) is 0 Å². The summed E-state index contributed by atoms with van der Waals surface area (Å²) < 4.78 is 1.35. The number of hydrogen-bond donors (Lipinski definition) is 1. The molecule has 0 bridgehead atoms. The Morgan fingerprint density at radius 2 is 2.07 bits per heavy atom. The van der Waals surface area contributed by atoms with E-state index in [9.17, 15) is 14.8 Å². The molecule has 0 saturated heterocycles. The lowest BCUT2D eigenvalue weighted by molar-refractivity contribution is 0.476. The number of phenolic OH excluding ortho intramolecular Hbond substituents is 1. The SMILES string of the molecule is Cn1c(=O)cc(N=O)c2ccc(O)cc21. The molecule has 1 heterocycles. The van der Waals surface area contributed by atoms with Crippen molar-refractivity contribution in [1.29, 1.82) is 0 Å². The minimum atomic E-state index is -0.331. The van der Waals surface area contributed by atoms with Crippen molar-refractivity contribution in [3.05, 3.63) is 39.5 Å². The monoisotopic (exact) mass is 204 g/mol. The van der Waals surface area contributed by atoms with E-state index in [1.165, 1.54) is 22.8 Å². The Bertz CT molecular complexity index is 601. The minimum absolute atomic E-state index is 0.0422. The molecule has 2 aromatic rings. The van der Waals surface area contributed by atoms with Crippen molar-refractivity contribution in [3.8, 4) is 5.75 Å². The average Bonchev–Trinajstić information content (AvgIpc) is 2.23. The maximum absolute atomic E-state index is 11.4. The smallest absolute Gasteiger partial charge is 0.253 e. The van der Waals surface area contributed by atoms with Crippen molar-refractivity contribution in [3.63, 3.8) is 0 Å². The summed E-state index contributed by atoms with van der Waals surface area (Å²) >= 11 is 0. The Morgan fingerprint density at radius 1 is 1.33 bits per heavy atom. The lowest BCUT2D eigenvalue weighted by Gasteiger charge is -2.05. The molecule has 0 radical (unpaired) electrons. The maximum atomic E-state index is 11.4. The van der Waals surface area contributed by atoms with Gasteiger partial charge >= 0.3 is 0 Å². The van der Waals surface area contributed by atoms with E-state index >= 15 is 0 Å². The summed E-state index contributed by atoms with van der Waals surface area (Å²) in [6.45, 7) is 0. The molecule has 0 aliphatic carbocycles. The van der Waals surface area contributed by atoms with Gasteiger partial charge in [-0.3, -0.25) is 4.79 Å². The van der Waals surface area contributed by atoms with Crippen molar-refractivity contribution < 1.29 is 5.11 Å². The highest BCUT2D eigenvalue weighted by molar-refractivity contribution is 5.90. The van der Waals surface area contributed by atoms with Crippen LogP contribution in [0.1, 0.15) is 0 Å². The van der Waals surface area contributed by atoms with Crippen LogP contribution in [0.15, 0.2) is 34.2 Å². The first-order valence-corrected chi connectivity index (χ1v) is 4.29. The standard InChI is InChI=1S/C10H8N2O3/c1-12-9-4-6(13)2-3-7(9)8(11-15)5-10(12)14/h2-5,13H,1H3. The lowest BCUT2D eigenvalue weighted by atomic mass is 10.2. The molecular weight excluding hydrogens is 196 g/mol. The number of hydrogen-bond acceptors (Lipinski definition) is 4. The molecule has 1 N–H and O–H groups in total. The number of rotatable bonds is 1. The summed E-state index contributed by atoms with van der Waals surface area (Å²) in [7, 11) is 1.57. The second-order valence-electron chi connectivity index (χ2n) is 3.22. The van der Waals surface area contributed by atoms with Gasteiger partial charge in [0, 0.05) is 24.6 Å². The van der Waals surface area contributed by atoms with Gasteiger partial charge < -0.3 is 9.67 Å². The van der Waals surface area contributed by atoms with E-state index in [0.29, 0.717) is 10.9 Å². The van der Waals surface area contributed by atoms with E-state index in [1.54, 1.807) is 13.1 Å². The van der Waals surface area contributed by atoms with Gasteiger partial charge in [-0.05, 0) is 17.3 Å². The fourth-order valence-electron chi connectivity index (χ4n) is 1.50. The number of phenols is 1. The first kappa shape index (κ1) is 9.39. The summed E-state index contributed by atoms with van der Waals surface area (Å²) in [6, 6.07) is 5.60. The third kappa shape index (κ3) is 1.38. The third-order valence-corrected chi connectivity index (χ3v) is 2.31. The first-order valence-electron chi connectivity index (χ1n) is 4.29. The zero-order chi connectivity index (χ0) is 11.0.